The standard InChI is InChI=1S/C17H11ClN4O5/c18-14-6-5-13(7-15(14)22(26)27)21-16(23)11(8-19)9-20-12-3-1-10(2-4-12)17(24)25/h1-7,9,20H,(H,21,23)(H,24,25)/b11-9-. The van der Waals surface area contributed by atoms with Crippen LogP contribution in [0, 0.1) is 21.4 Å². The molecule has 0 aromatic heterocycles. The number of anilines is 2. The van der Waals surface area contributed by atoms with Gasteiger partial charge >= 0.3 is 5.97 Å². The molecule has 0 bridgehead atoms. The van der Waals surface area contributed by atoms with Crippen molar-refractivity contribution in [2.45, 2.75) is 0 Å². The lowest BCUT2D eigenvalue weighted by molar-refractivity contribution is -0.384. The molecule has 0 aliphatic rings. The molecule has 0 unspecified atom stereocenters. The highest BCUT2D eigenvalue weighted by Gasteiger charge is 2.15. The second kappa shape index (κ2) is 8.46. The molecule has 0 saturated carbocycles. The maximum atomic E-state index is 12.2. The Hall–Kier alpha value is -3.90. The molecule has 0 fully saturated rings. The number of carbonyl (C=O) groups is 2. The molecule has 2 rings (SSSR count). The third-order valence-corrected chi connectivity index (χ3v) is 3.60. The van der Waals surface area contributed by atoms with Gasteiger partial charge in [-0.3, -0.25) is 14.9 Å². The Morgan fingerprint density at radius 3 is 2.37 bits per heavy atom. The molecule has 0 heterocycles. The summed E-state index contributed by atoms with van der Waals surface area (Å²) in [6, 6.07) is 11.1. The smallest absolute Gasteiger partial charge is 0.335 e. The summed E-state index contributed by atoms with van der Waals surface area (Å²) in [4.78, 5) is 33.1. The van der Waals surface area contributed by atoms with E-state index in [0.717, 1.165) is 12.3 Å². The highest BCUT2D eigenvalue weighted by Crippen LogP contribution is 2.27. The van der Waals surface area contributed by atoms with Crippen molar-refractivity contribution < 1.29 is 19.6 Å². The van der Waals surface area contributed by atoms with E-state index in [9.17, 15) is 19.7 Å². The minimum Gasteiger partial charge on any atom is -0.478 e. The lowest BCUT2D eigenvalue weighted by Gasteiger charge is -2.06. The van der Waals surface area contributed by atoms with E-state index < -0.39 is 16.8 Å². The molecule has 10 heteroatoms. The van der Waals surface area contributed by atoms with Crippen LogP contribution in [0.3, 0.4) is 0 Å². The third kappa shape index (κ3) is 5.04. The van der Waals surface area contributed by atoms with Crippen LogP contribution >= 0.6 is 11.6 Å². The quantitative estimate of drug-likeness (QED) is 0.298. The molecule has 27 heavy (non-hydrogen) atoms. The number of rotatable bonds is 6. The minimum absolute atomic E-state index is 0.0828. The zero-order valence-corrected chi connectivity index (χ0v) is 14.2. The molecule has 0 atom stereocenters. The van der Waals surface area contributed by atoms with Gasteiger partial charge in [-0.2, -0.15) is 5.26 Å². The Kier molecular flexibility index (Phi) is 6.09. The number of hydrogen-bond donors (Lipinski definition) is 3. The maximum Gasteiger partial charge on any atom is 0.335 e. The Morgan fingerprint density at radius 1 is 1.19 bits per heavy atom. The first-order valence-electron chi connectivity index (χ1n) is 7.27. The van der Waals surface area contributed by atoms with Gasteiger partial charge in [0, 0.05) is 23.6 Å². The highest BCUT2D eigenvalue weighted by molar-refractivity contribution is 6.32. The molecule has 1 amide bonds. The molecule has 0 spiro atoms. The summed E-state index contributed by atoms with van der Waals surface area (Å²) in [6.45, 7) is 0. The molecule has 136 valence electrons. The van der Waals surface area contributed by atoms with Crippen LogP contribution in [-0.4, -0.2) is 21.9 Å². The van der Waals surface area contributed by atoms with Gasteiger partial charge in [-0.15, -0.1) is 0 Å². The van der Waals surface area contributed by atoms with Crippen molar-refractivity contribution in [3.63, 3.8) is 0 Å². The fourth-order valence-corrected chi connectivity index (χ4v) is 2.13. The zero-order valence-electron chi connectivity index (χ0n) is 13.5. The van der Waals surface area contributed by atoms with Crippen molar-refractivity contribution in [2.75, 3.05) is 10.6 Å². The van der Waals surface area contributed by atoms with Gasteiger partial charge in [0.25, 0.3) is 11.6 Å². The van der Waals surface area contributed by atoms with Crippen molar-refractivity contribution in [3.05, 3.63) is 74.9 Å². The predicted octanol–water partition coefficient (Wildman–Crippen LogP) is 3.40. The van der Waals surface area contributed by atoms with Gasteiger partial charge in [-0.25, -0.2) is 4.79 Å². The normalized spacial score (nSPS) is 10.6. The number of amides is 1. The molecule has 9 nitrogen and oxygen atoms in total. The first-order valence-corrected chi connectivity index (χ1v) is 7.65. The average Bonchev–Trinajstić information content (AvgIpc) is 2.64. The van der Waals surface area contributed by atoms with E-state index in [0.29, 0.717) is 5.69 Å². The van der Waals surface area contributed by atoms with Crippen LogP contribution in [0.4, 0.5) is 17.1 Å². The van der Waals surface area contributed by atoms with E-state index in [-0.39, 0.29) is 27.5 Å². The fourth-order valence-electron chi connectivity index (χ4n) is 1.94. The molecular weight excluding hydrogens is 376 g/mol. The van der Waals surface area contributed by atoms with Crippen molar-refractivity contribution in [1.82, 2.24) is 0 Å². The average molecular weight is 387 g/mol. The Bertz CT molecular complexity index is 980. The number of nitro benzene ring substituents is 1. The van der Waals surface area contributed by atoms with Crippen molar-refractivity contribution >= 4 is 40.5 Å². The second-order valence-corrected chi connectivity index (χ2v) is 5.48. The largest absolute Gasteiger partial charge is 0.478 e. The molecule has 0 aliphatic carbocycles. The number of aromatic carboxylic acids is 1. The van der Waals surface area contributed by atoms with Crippen LogP contribution in [0.2, 0.25) is 5.02 Å². The number of hydrogen-bond acceptors (Lipinski definition) is 6. The molecule has 2 aromatic rings. The van der Waals surface area contributed by atoms with Crippen LogP contribution in [-0.2, 0) is 4.79 Å². The Labute approximate surface area is 157 Å². The van der Waals surface area contributed by atoms with Gasteiger partial charge in [0.2, 0.25) is 0 Å². The SMILES string of the molecule is N#C/C(=C/Nc1ccc(C(=O)O)cc1)C(=O)Nc1ccc(Cl)c([N+](=O)[O-])c1. The number of nitrogens with one attached hydrogen (secondary N) is 2. The summed E-state index contributed by atoms with van der Waals surface area (Å²) >= 11 is 5.70. The Morgan fingerprint density at radius 2 is 1.81 bits per heavy atom. The Balaban J connectivity index is 2.12. The van der Waals surface area contributed by atoms with E-state index in [2.05, 4.69) is 10.6 Å². The summed E-state index contributed by atoms with van der Waals surface area (Å²) in [7, 11) is 0. The molecule has 3 N–H and O–H groups in total. The molecule has 0 aliphatic heterocycles. The van der Waals surface area contributed by atoms with Crippen molar-refractivity contribution in [1.29, 1.82) is 5.26 Å². The second-order valence-electron chi connectivity index (χ2n) is 5.07. The lowest BCUT2D eigenvalue weighted by Crippen LogP contribution is -2.14. The zero-order chi connectivity index (χ0) is 20.0. The van der Waals surface area contributed by atoms with E-state index >= 15 is 0 Å². The number of carbonyl (C=O) groups excluding carboxylic acids is 1. The van der Waals surface area contributed by atoms with E-state index in [1.54, 1.807) is 6.07 Å². The van der Waals surface area contributed by atoms with Crippen molar-refractivity contribution in [3.8, 4) is 6.07 Å². The number of nitriles is 1. The van der Waals surface area contributed by atoms with E-state index in [4.69, 9.17) is 22.0 Å². The summed E-state index contributed by atoms with van der Waals surface area (Å²) < 4.78 is 0. The number of benzene rings is 2. The third-order valence-electron chi connectivity index (χ3n) is 3.28. The van der Waals surface area contributed by atoms with Gasteiger partial charge in [0.05, 0.1) is 10.5 Å². The first-order chi connectivity index (χ1) is 12.8. The summed E-state index contributed by atoms with van der Waals surface area (Å²) in [5.74, 6) is -1.87. The monoisotopic (exact) mass is 386 g/mol. The van der Waals surface area contributed by atoms with Gasteiger partial charge < -0.3 is 15.7 Å². The highest BCUT2D eigenvalue weighted by atomic mass is 35.5. The lowest BCUT2D eigenvalue weighted by atomic mass is 10.2. The van der Waals surface area contributed by atoms with Gasteiger partial charge in [0.1, 0.15) is 16.7 Å². The van der Waals surface area contributed by atoms with Crippen LogP contribution in [0.15, 0.2) is 54.2 Å². The number of nitro groups is 1. The molecule has 2 aromatic carbocycles. The molecule has 0 radical (unpaired) electrons. The van der Waals surface area contributed by atoms with Crippen LogP contribution < -0.4 is 10.6 Å². The molecular formula is C17H11ClN4O5. The maximum absolute atomic E-state index is 12.2. The fraction of sp³-hybridized carbons (Fsp3) is 0. The van der Waals surface area contributed by atoms with Gasteiger partial charge in [0.15, 0.2) is 0 Å². The van der Waals surface area contributed by atoms with Crippen molar-refractivity contribution in [2.24, 2.45) is 0 Å². The topological polar surface area (TPSA) is 145 Å². The van der Waals surface area contributed by atoms with Crippen LogP contribution in [0.1, 0.15) is 10.4 Å². The first kappa shape index (κ1) is 19.4. The minimum atomic E-state index is -1.08. The van der Waals surface area contributed by atoms with Gasteiger partial charge in [-0.1, -0.05) is 11.6 Å². The number of carboxylic acid groups (broad SMARTS) is 1. The van der Waals surface area contributed by atoms with E-state index in [1.807, 2.05) is 0 Å². The van der Waals surface area contributed by atoms with E-state index in [1.165, 1.54) is 36.4 Å². The number of halogens is 1. The molecule has 0 saturated heterocycles. The predicted molar refractivity (Wildman–Crippen MR) is 97.5 cm³/mol. The van der Waals surface area contributed by atoms with Crippen LogP contribution in [0.5, 0.6) is 0 Å². The summed E-state index contributed by atoms with van der Waals surface area (Å²) in [6.07, 6.45) is 1.13. The summed E-state index contributed by atoms with van der Waals surface area (Å²) in [5.41, 5.74) is -0.0265. The number of carboxylic acids is 1. The number of nitrogens with zero attached hydrogens (tertiary/aromatic N) is 2. The van der Waals surface area contributed by atoms with Gasteiger partial charge in [-0.05, 0) is 36.4 Å². The van der Waals surface area contributed by atoms with Crippen LogP contribution in [0.25, 0.3) is 0 Å². The summed E-state index contributed by atoms with van der Waals surface area (Å²) in [5, 5.41) is 33.8.